The van der Waals surface area contributed by atoms with Gasteiger partial charge in [0.15, 0.2) is 0 Å². The molecule has 2 aromatic rings. The molecular weight excluding hydrogens is 266 g/mol. The van der Waals surface area contributed by atoms with Gasteiger partial charge in [0.2, 0.25) is 5.91 Å². The summed E-state index contributed by atoms with van der Waals surface area (Å²) in [4.78, 5) is 11.2. The standard InChI is InChI=1S/C17H19NO3/c1-13(19)18-15-10-6-7-11-16(15)21-12-17(2,20)14-8-4-3-5-9-14/h3-11,20H,12H2,1-2H3,(H,18,19). The van der Waals surface area contributed by atoms with E-state index >= 15 is 0 Å². The first kappa shape index (κ1) is 15.1. The minimum atomic E-state index is -1.11. The zero-order chi connectivity index (χ0) is 15.3. The van der Waals surface area contributed by atoms with Crippen molar-refractivity contribution in [2.24, 2.45) is 0 Å². The van der Waals surface area contributed by atoms with E-state index in [1.165, 1.54) is 6.92 Å². The molecule has 0 aliphatic heterocycles. The van der Waals surface area contributed by atoms with Gasteiger partial charge in [0, 0.05) is 6.92 Å². The summed E-state index contributed by atoms with van der Waals surface area (Å²) < 4.78 is 5.69. The van der Waals surface area contributed by atoms with Gasteiger partial charge in [0.05, 0.1) is 5.69 Å². The van der Waals surface area contributed by atoms with Crippen molar-refractivity contribution in [2.75, 3.05) is 11.9 Å². The number of carbonyl (C=O) groups is 1. The molecule has 0 fully saturated rings. The minimum absolute atomic E-state index is 0.0909. The Morgan fingerprint density at radius 2 is 1.76 bits per heavy atom. The monoisotopic (exact) mass is 285 g/mol. The van der Waals surface area contributed by atoms with Gasteiger partial charge in [0.1, 0.15) is 18.0 Å². The molecule has 2 N–H and O–H groups in total. The number of para-hydroxylation sites is 2. The first-order valence-corrected chi connectivity index (χ1v) is 6.76. The first-order valence-electron chi connectivity index (χ1n) is 6.76. The van der Waals surface area contributed by atoms with Gasteiger partial charge in [0.25, 0.3) is 0 Å². The fourth-order valence-corrected chi connectivity index (χ4v) is 1.98. The van der Waals surface area contributed by atoms with E-state index in [0.717, 1.165) is 5.56 Å². The molecule has 4 nitrogen and oxygen atoms in total. The molecule has 0 aliphatic carbocycles. The van der Waals surface area contributed by atoms with E-state index < -0.39 is 5.60 Å². The van der Waals surface area contributed by atoms with Gasteiger partial charge in [-0.25, -0.2) is 0 Å². The zero-order valence-corrected chi connectivity index (χ0v) is 12.2. The van der Waals surface area contributed by atoms with Gasteiger partial charge in [-0.1, -0.05) is 42.5 Å². The molecule has 1 amide bonds. The SMILES string of the molecule is CC(=O)Nc1ccccc1OCC(C)(O)c1ccccc1. The van der Waals surface area contributed by atoms with Crippen molar-refractivity contribution in [3.05, 3.63) is 60.2 Å². The normalized spacial score (nSPS) is 13.3. The molecule has 0 spiro atoms. The molecule has 0 aromatic heterocycles. The number of rotatable bonds is 5. The van der Waals surface area contributed by atoms with E-state index in [0.29, 0.717) is 11.4 Å². The molecular formula is C17H19NO3. The van der Waals surface area contributed by atoms with Crippen LogP contribution in [0.15, 0.2) is 54.6 Å². The predicted octanol–water partition coefficient (Wildman–Crippen LogP) is 2.93. The lowest BCUT2D eigenvalue weighted by atomic mass is 9.97. The van der Waals surface area contributed by atoms with Crippen LogP contribution in [0, 0.1) is 0 Å². The molecule has 2 aromatic carbocycles. The summed E-state index contributed by atoms with van der Waals surface area (Å²) in [6.07, 6.45) is 0. The zero-order valence-electron chi connectivity index (χ0n) is 12.2. The molecule has 0 bridgehead atoms. The number of aliphatic hydroxyl groups is 1. The smallest absolute Gasteiger partial charge is 0.221 e. The third-order valence-corrected chi connectivity index (χ3v) is 3.10. The average Bonchev–Trinajstić information content (AvgIpc) is 2.47. The number of benzene rings is 2. The minimum Gasteiger partial charge on any atom is -0.488 e. The molecule has 110 valence electrons. The number of nitrogens with one attached hydrogen (secondary N) is 1. The van der Waals surface area contributed by atoms with Gasteiger partial charge >= 0.3 is 0 Å². The summed E-state index contributed by atoms with van der Waals surface area (Å²) in [6.45, 7) is 3.23. The Bertz CT molecular complexity index is 608. The molecule has 0 radical (unpaired) electrons. The predicted molar refractivity (Wildman–Crippen MR) is 82.3 cm³/mol. The lowest BCUT2D eigenvalue weighted by Gasteiger charge is -2.24. The summed E-state index contributed by atoms with van der Waals surface area (Å²) >= 11 is 0. The topological polar surface area (TPSA) is 58.6 Å². The Balaban J connectivity index is 2.11. The maximum atomic E-state index is 11.2. The van der Waals surface area contributed by atoms with Crippen LogP contribution in [0.5, 0.6) is 5.75 Å². The summed E-state index contributed by atoms with van der Waals surface area (Å²) in [5.74, 6) is 0.366. The van der Waals surface area contributed by atoms with Crippen molar-refractivity contribution >= 4 is 11.6 Å². The van der Waals surface area contributed by atoms with Crippen LogP contribution in [-0.2, 0) is 10.4 Å². The van der Waals surface area contributed by atoms with E-state index in [4.69, 9.17) is 4.74 Å². The van der Waals surface area contributed by atoms with E-state index in [2.05, 4.69) is 5.32 Å². The fourth-order valence-electron chi connectivity index (χ4n) is 1.98. The highest BCUT2D eigenvalue weighted by Gasteiger charge is 2.24. The highest BCUT2D eigenvalue weighted by molar-refractivity contribution is 5.90. The summed E-state index contributed by atoms with van der Waals surface area (Å²) in [5, 5.41) is 13.2. The van der Waals surface area contributed by atoms with Gasteiger partial charge < -0.3 is 15.2 Å². The number of hydrogen-bond acceptors (Lipinski definition) is 3. The molecule has 0 heterocycles. The van der Waals surface area contributed by atoms with Gasteiger partial charge in [-0.05, 0) is 24.6 Å². The number of carbonyl (C=O) groups excluding carboxylic acids is 1. The average molecular weight is 285 g/mol. The van der Waals surface area contributed by atoms with Crippen LogP contribution in [0.4, 0.5) is 5.69 Å². The van der Waals surface area contributed by atoms with Crippen LogP contribution < -0.4 is 10.1 Å². The number of anilines is 1. The summed E-state index contributed by atoms with van der Waals surface area (Å²) in [5.41, 5.74) is 0.265. The molecule has 0 aliphatic rings. The van der Waals surface area contributed by atoms with Gasteiger partial charge in [-0.2, -0.15) is 0 Å². The third kappa shape index (κ3) is 4.07. The number of hydrogen-bond donors (Lipinski definition) is 2. The fraction of sp³-hybridized carbons (Fsp3) is 0.235. The van der Waals surface area contributed by atoms with Crippen molar-refractivity contribution < 1.29 is 14.6 Å². The van der Waals surface area contributed by atoms with Crippen molar-refractivity contribution in [2.45, 2.75) is 19.4 Å². The molecule has 0 saturated carbocycles. The second-order valence-corrected chi connectivity index (χ2v) is 5.11. The van der Waals surface area contributed by atoms with Crippen molar-refractivity contribution in [3.8, 4) is 5.75 Å². The molecule has 21 heavy (non-hydrogen) atoms. The lowest BCUT2D eigenvalue weighted by Crippen LogP contribution is -2.29. The van der Waals surface area contributed by atoms with E-state index in [-0.39, 0.29) is 12.5 Å². The van der Waals surface area contributed by atoms with Crippen molar-refractivity contribution in [1.82, 2.24) is 0 Å². The van der Waals surface area contributed by atoms with Gasteiger partial charge in [-0.3, -0.25) is 4.79 Å². The van der Waals surface area contributed by atoms with E-state index in [1.807, 2.05) is 42.5 Å². The third-order valence-electron chi connectivity index (χ3n) is 3.10. The van der Waals surface area contributed by atoms with Crippen LogP contribution in [0.3, 0.4) is 0 Å². The molecule has 1 unspecified atom stereocenters. The second kappa shape index (κ2) is 6.41. The van der Waals surface area contributed by atoms with Gasteiger partial charge in [-0.15, -0.1) is 0 Å². The molecule has 4 heteroatoms. The maximum absolute atomic E-state index is 11.2. The van der Waals surface area contributed by atoms with Crippen molar-refractivity contribution in [1.29, 1.82) is 0 Å². The molecule has 1 atom stereocenters. The Labute approximate surface area is 124 Å². The van der Waals surface area contributed by atoms with Crippen LogP contribution in [0.2, 0.25) is 0 Å². The van der Waals surface area contributed by atoms with Crippen LogP contribution >= 0.6 is 0 Å². The van der Waals surface area contributed by atoms with Crippen LogP contribution in [0.25, 0.3) is 0 Å². The van der Waals surface area contributed by atoms with Crippen molar-refractivity contribution in [3.63, 3.8) is 0 Å². The lowest BCUT2D eigenvalue weighted by molar-refractivity contribution is -0.114. The largest absolute Gasteiger partial charge is 0.488 e. The quantitative estimate of drug-likeness (QED) is 0.888. The summed E-state index contributed by atoms with van der Waals surface area (Å²) in [7, 11) is 0. The molecule has 0 saturated heterocycles. The van der Waals surface area contributed by atoms with Crippen LogP contribution in [-0.4, -0.2) is 17.6 Å². The molecule has 2 rings (SSSR count). The Morgan fingerprint density at radius 1 is 1.14 bits per heavy atom. The maximum Gasteiger partial charge on any atom is 0.221 e. The van der Waals surface area contributed by atoms with Crippen LogP contribution in [0.1, 0.15) is 19.4 Å². The Hall–Kier alpha value is -2.33. The first-order chi connectivity index (χ1) is 9.99. The Morgan fingerprint density at radius 3 is 2.43 bits per heavy atom. The highest BCUT2D eigenvalue weighted by atomic mass is 16.5. The van der Waals surface area contributed by atoms with E-state index in [1.54, 1.807) is 19.1 Å². The van der Waals surface area contributed by atoms with E-state index in [9.17, 15) is 9.90 Å². The Kier molecular flexibility index (Phi) is 4.60. The number of ether oxygens (including phenoxy) is 1. The summed E-state index contributed by atoms with van der Waals surface area (Å²) in [6, 6.07) is 16.5. The number of amides is 1. The second-order valence-electron chi connectivity index (χ2n) is 5.11. The highest BCUT2D eigenvalue weighted by Crippen LogP contribution is 2.27.